The molecule has 0 radical (unpaired) electrons. The van der Waals surface area contributed by atoms with E-state index in [9.17, 15) is 9.59 Å². The molecule has 2 aromatic rings. The highest BCUT2D eigenvalue weighted by Gasteiger charge is 2.18. The average molecular weight is 387 g/mol. The summed E-state index contributed by atoms with van der Waals surface area (Å²) < 4.78 is 21.6. The first kappa shape index (κ1) is 21.1. The van der Waals surface area contributed by atoms with Crippen molar-refractivity contribution >= 4 is 17.6 Å². The fraction of sp³-hybridized carbons (Fsp3) is 0.333. The summed E-state index contributed by atoms with van der Waals surface area (Å²) in [5, 5.41) is 2.79. The Kier molecular flexibility index (Phi) is 7.68. The lowest BCUT2D eigenvalue weighted by Crippen LogP contribution is -2.13. The molecule has 0 heterocycles. The Morgan fingerprint density at radius 2 is 1.36 bits per heavy atom. The molecule has 0 atom stereocenters. The lowest BCUT2D eigenvalue weighted by atomic mass is 10.1. The summed E-state index contributed by atoms with van der Waals surface area (Å²) in [5.41, 5.74) is 1.31. The normalized spacial score (nSPS) is 10.1. The molecular formula is C21H25NO6. The van der Waals surface area contributed by atoms with Gasteiger partial charge < -0.3 is 24.3 Å². The number of benzene rings is 2. The molecule has 0 aliphatic rings. The SMILES string of the molecule is CCOc1cc(C(=O)Nc2ccc(C(=O)OC)cc2)cc(OCC)c1OCC. The van der Waals surface area contributed by atoms with Crippen LogP contribution in [0.15, 0.2) is 36.4 Å². The van der Waals surface area contributed by atoms with Crippen LogP contribution in [0, 0.1) is 0 Å². The number of rotatable bonds is 9. The first-order valence-electron chi connectivity index (χ1n) is 9.10. The highest BCUT2D eigenvalue weighted by atomic mass is 16.5. The molecule has 0 bridgehead atoms. The smallest absolute Gasteiger partial charge is 0.337 e. The standard InChI is InChI=1S/C21H25NO6/c1-5-26-17-12-15(13-18(27-6-2)19(17)28-7-3)20(23)22-16-10-8-14(9-11-16)21(24)25-4/h8-13H,5-7H2,1-4H3,(H,22,23). The fourth-order valence-corrected chi connectivity index (χ4v) is 2.53. The molecule has 2 rings (SSSR count). The van der Waals surface area contributed by atoms with Gasteiger partial charge in [-0.05, 0) is 57.2 Å². The molecular weight excluding hydrogens is 362 g/mol. The van der Waals surface area contributed by atoms with E-state index < -0.39 is 5.97 Å². The maximum absolute atomic E-state index is 12.7. The number of hydrogen-bond donors (Lipinski definition) is 1. The maximum Gasteiger partial charge on any atom is 0.337 e. The Labute approximate surface area is 164 Å². The number of carbonyl (C=O) groups is 2. The lowest BCUT2D eigenvalue weighted by molar-refractivity contribution is 0.0600. The Bertz CT molecular complexity index is 789. The summed E-state index contributed by atoms with van der Waals surface area (Å²) in [5.74, 6) is 0.594. The number of carbonyl (C=O) groups excluding carboxylic acids is 2. The van der Waals surface area contributed by atoms with Crippen molar-refractivity contribution in [2.24, 2.45) is 0 Å². The van der Waals surface area contributed by atoms with E-state index in [1.807, 2.05) is 20.8 Å². The monoisotopic (exact) mass is 387 g/mol. The highest BCUT2D eigenvalue weighted by molar-refractivity contribution is 6.05. The number of amides is 1. The summed E-state index contributed by atoms with van der Waals surface area (Å²) in [6.45, 7) is 6.86. The van der Waals surface area contributed by atoms with Crippen LogP contribution in [0.4, 0.5) is 5.69 Å². The molecule has 0 aliphatic heterocycles. The number of ether oxygens (including phenoxy) is 4. The summed E-state index contributed by atoms with van der Waals surface area (Å²) >= 11 is 0. The third-order valence-corrected chi connectivity index (χ3v) is 3.74. The van der Waals surface area contributed by atoms with Crippen molar-refractivity contribution < 1.29 is 28.5 Å². The fourth-order valence-electron chi connectivity index (χ4n) is 2.53. The van der Waals surface area contributed by atoms with Crippen molar-refractivity contribution in [3.8, 4) is 17.2 Å². The van der Waals surface area contributed by atoms with Crippen molar-refractivity contribution in [2.75, 3.05) is 32.2 Å². The Hall–Kier alpha value is -3.22. The van der Waals surface area contributed by atoms with Crippen molar-refractivity contribution in [3.63, 3.8) is 0 Å². The predicted molar refractivity (Wildman–Crippen MR) is 106 cm³/mol. The van der Waals surface area contributed by atoms with E-state index in [1.165, 1.54) is 7.11 Å². The zero-order valence-electron chi connectivity index (χ0n) is 16.5. The minimum absolute atomic E-state index is 0.337. The molecule has 0 spiro atoms. The molecule has 1 amide bonds. The summed E-state index contributed by atoms with van der Waals surface area (Å²) in [7, 11) is 1.32. The van der Waals surface area contributed by atoms with Crippen LogP contribution in [0.3, 0.4) is 0 Å². The van der Waals surface area contributed by atoms with Crippen LogP contribution < -0.4 is 19.5 Å². The van der Waals surface area contributed by atoms with Gasteiger partial charge in [0.15, 0.2) is 11.5 Å². The Morgan fingerprint density at radius 1 is 0.821 bits per heavy atom. The zero-order valence-corrected chi connectivity index (χ0v) is 16.5. The van der Waals surface area contributed by atoms with Gasteiger partial charge in [0, 0.05) is 11.3 Å². The van der Waals surface area contributed by atoms with E-state index in [2.05, 4.69) is 10.1 Å². The molecule has 7 nitrogen and oxygen atoms in total. The third-order valence-electron chi connectivity index (χ3n) is 3.74. The first-order chi connectivity index (χ1) is 13.5. The van der Waals surface area contributed by atoms with E-state index in [0.29, 0.717) is 53.9 Å². The van der Waals surface area contributed by atoms with E-state index >= 15 is 0 Å². The van der Waals surface area contributed by atoms with Gasteiger partial charge in [-0.15, -0.1) is 0 Å². The van der Waals surface area contributed by atoms with Crippen LogP contribution in [0.1, 0.15) is 41.5 Å². The second kappa shape index (κ2) is 10.2. The highest BCUT2D eigenvalue weighted by Crippen LogP contribution is 2.39. The maximum atomic E-state index is 12.7. The molecule has 0 fully saturated rings. The molecule has 28 heavy (non-hydrogen) atoms. The second-order valence-corrected chi connectivity index (χ2v) is 5.62. The van der Waals surface area contributed by atoms with E-state index in [1.54, 1.807) is 36.4 Å². The average Bonchev–Trinajstić information content (AvgIpc) is 2.70. The van der Waals surface area contributed by atoms with Gasteiger partial charge in [0.05, 0.1) is 32.5 Å². The summed E-state index contributed by atoms with van der Waals surface area (Å²) in [6, 6.07) is 9.66. The lowest BCUT2D eigenvalue weighted by Gasteiger charge is -2.17. The molecule has 150 valence electrons. The second-order valence-electron chi connectivity index (χ2n) is 5.62. The minimum atomic E-state index is -0.438. The Morgan fingerprint density at radius 3 is 1.82 bits per heavy atom. The van der Waals surface area contributed by atoms with Crippen LogP contribution in [-0.2, 0) is 4.74 Å². The molecule has 0 aliphatic carbocycles. The number of nitrogens with one attached hydrogen (secondary N) is 1. The summed E-state index contributed by atoms with van der Waals surface area (Å²) in [6.07, 6.45) is 0. The van der Waals surface area contributed by atoms with Crippen LogP contribution in [0.5, 0.6) is 17.2 Å². The quantitative estimate of drug-likeness (QED) is 0.657. The molecule has 0 unspecified atom stereocenters. The van der Waals surface area contributed by atoms with Gasteiger partial charge in [-0.25, -0.2) is 4.79 Å². The van der Waals surface area contributed by atoms with Gasteiger partial charge in [-0.1, -0.05) is 0 Å². The van der Waals surface area contributed by atoms with E-state index in [4.69, 9.17) is 14.2 Å². The van der Waals surface area contributed by atoms with Crippen molar-refractivity contribution in [2.45, 2.75) is 20.8 Å². The molecule has 0 saturated heterocycles. The van der Waals surface area contributed by atoms with Crippen molar-refractivity contribution in [1.82, 2.24) is 0 Å². The van der Waals surface area contributed by atoms with Crippen LogP contribution in [0.25, 0.3) is 0 Å². The van der Waals surface area contributed by atoms with E-state index in [0.717, 1.165) is 0 Å². The van der Waals surface area contributed by atoms with Gasteiger partial charge in [0.1, 0.15) is 0 Å². The molecule has 1 N–H and O–H groups in total. The minimum Gasteiger partial charge on any atom is -0.490 e. The number of methoxy groups -OCH3 is 1. The zero-order chi connectivity index (χ0) is 20.5. The van der Waals surface area contributed by atoms with E-state index in [-0.39, 0.29) is 5.91 Å². The molecule has 2 aromatic carbocycles. The Balaban J connectivity index is 2.29. The number of esters is 1. The van der Waals surface area contributed by atoms with Gasteiger partial charge in [0.2, 0.25) is 5.75 Å². The molecule has 0 saturated carbocycles. The van der Waals surface area contributed by atoms with Gasteiger partial charge >= 0.3 is 5.97 Å². The first-order valence-corrected chi connectivity index (χ1v) is 9.10. The topological polar surface area (TPSA) is 83.1 Å². The van der Waals surface area contributed by atoms with Gasteiger partial charge in [-0.2, -0.15) is 0 Å². The molecule has 0 aromatic heterocycles. The predicted octanol–water partition coefficient (Wildman–Crippen LogP) is 3.92. The van der Waals surface area contributed by atoms with Crippen LogP contribution >= 0.6 is 0 Å². The number of anilines is 1. The van der Waals surface area contributed by atoms with Crippen LogP contribution in [-0.4, -0.2) is 38.8 Å². The molecule has 7 heteroatoms. The summed E-state index contributed by atoms with van der Waals surface area (Å²) in [4.78, 5) is 24.2. The van der Waals surface area contributed by atoms with Gasteiger partial charge in [-0.3, -0.25) is 4.79 Å². The van der Waals surface area contributed by atoms with Crippen molar-refractivity contribution in [3.05, 3.63) is 47.5 Å². The third kappa shape index (κ3) is 5.16. The largest absolute Gasteiger partial charge is 0.490 e. The number of hydrogen-bond acceptors (Lipinski definition) is 6. The van der Waals surface area contributed by atoms with Crippen molar-refractivity contribution in [1.29, 1.82) is 0 Å². The van der Waals surface area contributed by atoms with Gasteiger partial charge in [0.25, 0.3) is 5.91 Å². The van der Waals surface area contributed by atoms with Crippen LogP contribution in [0.2, 0.25) is 0 Å².